The molecule has 5 nitrogen and oxygen atoms in total. The van der Waals surface area contributed by atoms with Crippen molar-refractivity contribution in [3.05, 3.63) is 352 Å². The molecule has 96 heavy (non-hydrogen) atoms. The summed E-state index contributed by atoms with van der Waals surface area (Å²) < 4.78 is 7.55. The van der Waals surface area contributed by atoms with Crippen LogP contribution in [0.1, 0.15) is 0 Å². The summed E-state index contributed by atoms with van der Waals surface area (Å²) in [5.41, 5.74) is 29.8. The first-order valence-corrected chi connectivity index (χ1v) is 33.2. The number of rotatable bonds is 9. The van der Waals surface area contributed by atoms with Crippen LogP contribution in [0.15, 0.2) is 352 Å². The van der Waals surface area contributed by atoms with E-state index in [-0.39, 0.29) is 6.71 Å². The Morgan fingerprint density at radius 1 is 0.177 bits per heavy atom. The zero-order valence-electron chi connectivity index (χ0n) is 52.3. The molecule has 0 N–H and O–H groups in total. The van der Waals surface area contributed by atoms with Crippen LogP contribution >= 0.6 is 0 Å². The Hall–Kier alpha value is -12.6. The highest BCUT2D eigenvalue weighted by atomic mass is 15.2. The van der Waals surface area contributed by atoms with Gasteiger partial charge < -0.3 is 23.5 Å². The number of para-hydroxylation sites is 8. The summed E-state index contributed by atoms with van der Waals surface area (Å²) in [4.78, 5) is 5.25. The van der Waals surface area contributed by atoms with E-state index < -0.39 is 0 Å². The summed E-state index contributed by atoms with van der Waals surface area (Å²) >= 11 is 0. The molecule has 0 radical (unpaired) electrons. The Kier molecular flexibility index (Phi) is 12.1. The third-order valence-electron chi connectivity index (χ3n) is 20.4. The molecule has 0 amide bonds. The fourth-order valence-electron chi connectivity index (χ4n) is 16.2. The van der Waals surface area contributed by atoms with Gasteiger partial charge in [0.1, 0.15) is 0 Å². The van der Waals surface area contributed by atoms with Crippen molar-refractivity contribution in [2.75, 3.05) is 9.80 Å². The second-order valence-electron chi connectivity index (χ2n) is 25.5. The lowest BCUT2D eigenvalue weighted by Crippen LogP contribution is -2.61. The molecule has 0 atom stereocenters. The van der Waals surface area contributed by atoms with E-state index in [4.69, 9.17) is 0 Å². The minimum absolute atomic E-state index is 0.227. The second kappa shape index (κ2) is 21.5. The van der Waals surface area contributed by atoms with Crippen LogP contribution in [0.2, 0.25) is 0 Å². The van der Waals surface area contributed by atoms with Crippen LogP contribution in [0.4, 0.5) is 34.1 Å². The van der Waals surface area contributed by atoms with E-state index in [1.165, 1.54) is 93.2 Å². The predicted octanol–water partition coefficient (Wildman–Crippen LogP) is 21.7. The SMILES string of the molecule is c1ccc(-c2ccc3c(c2)B2c4cc(-c5ccccc5)ccc4N(c4ccccc4-n4c5ccccc5c5ccccc54)c4cc(-n5c6ccc(-c7ccccc7)cc6c6cc(-c7ccccc7)ccc65)cc(c42)N3c2ccccc2-n2c3ccccc3c3ccccc32)cc1. The molecule has 0 aliphatic carbocycles. The van der Waals surface area contributed by atoms with Gasteiger partial charge in [0.15, 0.2) is 0 Å². The highest BCUT2D eigenvalue weighted by Crippen LogP contribution is 2.51. The van der Waals surface area contributed by atoms with E-state index in [2.05, 4.69) is 375 Å². The van der Waals surface area contributed by atoms with Crippen LogP contribution in [0, 0.1) is 0 Å². The van der Waals surface area contributed by atoms with Gasteiger partial charge in [0.05, 0.1) is 61.5 Å². The number of benzene rings is 15. The Balaban J connectivity index is 0.948. The molecule has 6 heteroatoms. The Labute approximate surface area is 556 Å². The van der Waals surface area contributed by atoms with Crippen LogP contribution in [0.5, 0.6) is 0 Å². The van der Waals surface area contributed by atoms with Crippen molar-refractivity contribution in [2.24, 2.45) is 0 Å². The van der Waals surface area contributed by atoms with Gasteiger partial charge in [-0.05, 0) is 158 Å². The van der Waals surface area contributed by atoms with Gasteiger partial charge in [-0.1, -0.05) is 255 Å². The van der Waals surface area contributed by atoms with Gasteiger partial charge in [0.2, 0.25) is 0 Å². The van der Waals surface area contributed by atoms with E-state index in [1.54, 1.807) is 0 Å². The monoisotopic (exact) mass is 1220 g/mol. The molecular formula is C90H58BN5. The lowest BCUT2D eigenvalue weighted by molar-refractivity contribution is 1.13. The smallest absolute Gasteiger partial charge is 0.252 e. The van der Waals surface area contributed by atoms with Gasteiger partial charge in [-0.2, -0.15) is 0 Å². The molecular weight excluding hydrogens is 1160 g/mol. The predicted molar refractivity (Wildman–Crippen MR) is 405 cm³/mol. The molecule has 18 aromatic rings. The number of nitrogens with zero attached hydrogens (tertiary/aromatic N) is 5. The third-order valence-corrected chi connectivity index (χ3v) is 20.4. The van der Waals surface area contributed by atoms with Crippen molar-refractivity contribution in [1.82, 2.24) is 13.7 Å². The first-order valence-electron chi connectivity index (χ1n) is 33.2. The molecule has 0 spiro atoms. The molecule has 20 rings (SSSR count). The average Bonchev–Trinajstić information content (AvgIpc) is 0.715. The van der Waals surface area contributed by atoms with Crippen molar-refractivity contribution in [1.29, 1.82) is 0 Å². The lowest BCUT2D eigenvalue weighted by Gasteiger charge is -2.45. The van der Waals surface area contributed by atoms with Crippen molar-refractivity contribution in [3.8, 4) is 61.6 Å². The molecule has 2 aliphatic heterocycles. The van der Waals surface area contributed by atoms with Crippen LogP contribution in [0.3, 0.4) is 0 Å². The molecule has 5 heterocycles. The average molecular weight is 1220 g/mol. The van der Waals surface area contributed by atoms with Crippen molar-refractivity contribution >= 4 is 123 Å². The summed E-state index contributed by atoms with van der Waals surface area (Å²) in [7, 11) is 0. The maximum absolute atomic E-state index is 2.62. The molecule has 2 aliphatic rings. The van der Waals surface area contributed by atoms with Gasteiger partial charge in [0.25, 0.3) is 6.71 Å². The van der Waals surface area contributed by atoms with Crippen LogP contribution in [0.25, 0.3) is 127 Å². The molecule has 0 saturated carbocycles. The Morgan fingerprint density at radius 2 is 0.469 bits per heavy atom. The molecule has 0 unspecified atom stereocenters. The highest BCUT2D eigenvalue weighted by molar-refractivity contribution is 7.00. The molecule has 15 aromatic carbocycles. The van der Waals surface area contributed by atoms with E-state index in [9.17, 15) is 0 Å². The van der Waals surface area contributed by atoms with Gasteiger partial charge in [-0.3, -0.25) is 0 Å². The molecule has 0 bridgehead atoms. The minimum Gasteiger partial charge on any atom is -0.309 e. The van der Waals surface area contributed by atoms with Gasteiger partial charge in [-0.25, -0.2) is 0 Å². The minimum atomic E-state index is -0.227. The van der Waals surface area contributed by atoms with Gasteiger partial charge in [-0.15, -0.1) is 0 Å². The molecule has 446 valence electrons. The Morgan fingerprint density at radius 3 is 0.833 bits per heavy atom. The fraction of sp³-hybridized carbons (Fsp3) is 0. The maximum atomic E-state index is 2.62. The molecule has 3 aromatic heterocycles. The van der Waals surface area contributed by atoms with Crippen molar-refractivity contribution in [2.45, 2.75) is 0 Å². The third kappa shape index (κ3) is 8.19. The van der Waals surface area contributed by atoms with Crippen LogP contribution in [-0.4, -0.2) is 20.4 Å². The summed E-state index contributed by atoms with van der Waals surface area (Å²) in [6.45, 7) is -0.227. The lowest BCUT2D eigenvalue weighted by atomic mass is 9.33. The zero-order valence-corrected chi connectivity index (χ0v) is 52.3. The van der Waals surface area contributed by atoms with E-state index in [0.29, 0.717) is 0 Å². The largest absolute Gasteiger partial charge is 0.309 e. The molecule has 0 fully saturated rings. The summed E-state index contributed by atoms with van der Waals surface area (Å²) in [6.07, 6.45) is 0. The van der Waals surface area contributed by atoms with Crippen LogP contribution < -0.4 is 26.2 Å². The zero-order chi connectivity index (χ0) is 63.0. The number of fused-ring (bicyclic) bond motifs is 13. The number of hydrogen-bond donors (Lipinski definition) is 0. The standard InChI is InChI=1S/C90H58BN5/c1-5-25-59(26-6-1)63-45-49-80-72(53-63)73-54-64(60-27-7-2-8-28-60)46-50-81(73)92(80)67-57-88-90-89(58-67)96(87-44-24-22-42-85(87)94-78-39-19-15-35-70(78)71-36-16-20-40-79(71)94)83-52-48-66(62-31-11-4-12-32-62)56-75(83)91(90)74-55-65(61-29-9-3-10-30-61)47-51-82(74)95(88)86-43-23-21-41-84(86)93-76-37-17-13-33-68(76)69-34-14-18-38-77(69)93/h1-58H. The summed E-state index contributed by atoms with van der Waals surface area (Å²) in [5.74, 6) is 0. The molecule has 0 saturated heterocycles. The number of anilines is 6. The highest BCUT2D eigenvalue weighted by Gasteiger charge is 2.45. The first kappa shape index (κ1) is 54.0. The summed E-state index contributed by atoms with van der Waals surface area (Å²) in [5, 5.41) is 7.24. The van der Waals surface area contributed by atoms with E-state index in [0.717, 1.165) is 84.3 Å². The number of aromatic nitrogens is 3. The normalized spacial score (nSPS) is 12.5. The van der Waals surface area contributed by atoms with E-state index >= 15 is 0 Å². The van der Waals surface area contributed by atoms with Crippen molar-refractivity contribution in [3.63, 3.8) is 0 Å². The van der Waals surface area contributed by atoms with Crippen molar-refractivity contribution < 1.29 is 0 Å². The Bertz CT molecular complexity index is 5690. The quantitative estimate of drug-likeness (QED) is 0.134. The maximum Gasteiger partial charge on any atom is 0.252 e. The van der Waals surface area contributed by atoms with Gasteiger partial charge in [0, 0.05) is 55.1 Å². The fourth-order valence-corrected chi connectivity index (χ4v) is 16.2. The topological polar surface area (TPSA) is 21.3 Å². The van der Waals surface area contributed by atoms with Crippen LogP contribution in [-0.2, 0) is 0 Å². The second-order valence-corrected chi connectivity index (χ2v) is 25.5. The van der Waals surface area contributed by atoms with E-state index in [1.807, 2.05) is 0 Å². The number of hydrogen-bond acceptors (Lipinski definition) is 2. The summed E-state index contributed by atoms with van der Waals surface area (Å²) in [6, 6.07) is 131. The van der Waals surface area contributed by atoms with Gasteiger partial charge >= 0.3 is 0 Å². The first-order chi connectivity index (χ1) is 47.7.